The third kappa shape index (κ3) is 2.53. The molecule has 0 spiro atoms. The van der Waals surface area contributed by atoms with Gasteiger partial charge in [0.05, 0.1) is 19.7 Å². The van der Waals surface area contributed by atoms with Gasteiger partial charge in [0.15, 0.2) is 5.56 Å². The topological polar surface area (TPSA) is 210 Å². The molecule has 0 radical (unpaired) electrons. The molecule has 0 atom stereocenters. The Morgan fingerprint density at radius 2 is 1.24 bits per heavy atom. The number of nitro groups is 4. The van der Waals surface area contributed by atoms with Gasteiger partial charge in [0, 0.05) is 6.07 Å². The molecule has 21 heavy (non-hydrogen) atoms. The van der Waals surface area contributed by atoms with Crippen LogP contribution in [0.5, 0.6) is 0 Å². The molecular weight excluding hydrogens is 300 g/mol. The fraction of sp³-hybridized carbons (Fsp3) is 0. The summed E-state index contributed by atoms with van der Waals surface area (Å²) in [5.41, 5.74) is -8.26. The molecule has 0 bridgehead atoms. The van der Waals surface area contributed by atoms with E-state index in [2.05, 4.69) is 0 Å². The third-order valence-corrected chi connectivity index (χ3v) is 2.20. The Bertz CT molecular complexity index is 660. The molecule has 1 aromatic rings. The molecule has 0 aromatic heterocycles. The highest BCUT2D eigenvalue weighted by Gasteiger charge is 2.47. The second kappa shape index (κ2) is 5.11. The molecule has 1 aromatic carbocycles. The first-order chi connectivity index (χ1) is 9.59. The van der Waals surface area contributed by atoms with Gasteiger partial charge in [-0.3, -0.25) is 40.5 Å². The van der Waals surface area contributed by atoms with Gasteiger partial charge in [-0.2, -0.15) is 0 Å². The zero-order valence-corrected chi connectivity index (χ0v) is 9.49. The molecule has 0 amide bonds. The van der Waals surface area contributed by atoms with Gasteiger partial charge in [0.1, 0.15) is 0 Å². The molecule has 0 unspecified atom stereocenters. The van der Waals surface area contributed by atoms with Crippen molar-refractivity contribution in [3.63, 3.8) is 0 Å². The number of rotatable bonds is 5. The second-order valence-electron chi connectivity index (χ2n) is 3.32. The summed E-state index contributed by atoms with van der Waals surface area (Å²) in [4.78, 5) is 47.6. The summed E-state index contributed by atoms with van der Waals surface area (Å²) in [6, 6.07) is 0.0333. The normalized spacial score (nSPS) is 9.90. The van der Waals surface area contributed by atoms with Crippen molar-refractivity contribution in [1.29, 1.82) is 0 Å². The maximum absolute atomic E-state index is 10.8. The Morgan fingerprint density at radius 1 is 0.810 bits per heavy atom. The third-order valence-electron chi connectivity index (χ3n) is 2.20. The molecule has 0 aliphatic rings. The SMILES string of the molecule is O=C(O)c1cc([N+](=O)[O-])c([N+](=O)[O-])c([N+](=O)[O-])c1[N+](=O)[O-]. The van der Waals surface area contributed by atoms with Crippen molar-refractivity contribution < 1.29 is 29.6 Å². The maximum atomic E-state index is 10.8. The summed E-state index contributed by atoms with van der Waals surface area (Å²) >= 11 is 0. The summed E-state index contributed by atoms with van der Waals surface area (Å²) in [5, 5.41) is 51.7. The highest BCUT2D eigenvalue weighted by Crippen LogP contribution is 2.45. The molecule has 0 saturated heterocycles. The van der Waals surface area contributed by atoms with Crippen molar-refractivity contribution in [3.05, 3.63) is 52.1 Å². The Hall–Kier alpha value is -3.71. The van der Waals surface area contributed by atoms with Gasteiger partial charge in [-0.25, -0.2) is 4.79 Å². The fourth-order valence-electron chi connectivity index (χ4n) is 1.47. The number of nitro benzene ring substituents is 4. The van der Waals surface area contributed by atoms with Crippen LogP contribution in [-0.2, 0) is 0 Å². The average Bonchev–Trinajstić information content (AvgIpc) is 2.34. The lowest BCUT2D eigenvalue weighted by Gasteiger charge is -2.01. The number of benzene rings is 1. The zero-order chi connectivity index (χ0) is 16.5. The molecule has 0 saturated carbocycles. The number of hydrogen-bond donors (Lipinski definition) is 1. The Morgan fingerprint density at radius 3 is 1.52 bits per heavy atom. The van der Waals surface area contributed by atoms with Crippen LogP contribution in [0.15, 0.2) is 6.07 Å². The molecule has 14 nitrogen and oxygen atoms in total. The monoisotopic (exact) mass is 302 g/mol. The average molecular weight is 302 g/mol. The number of aromatic carboxylic acids is 1. The molecule has 0 aliphatic carbocycles. The standard InChI is InChI=1S/C7H2N4O10/c12-7(13)2-1-3(8(14)15)5(10(18)19)6(11(20)21)4(2)9(16)17/h1H,(H,12,13). The molecule has 0 aliphatic heterocycles. The minimum atomic E-state index is -2.08. The molecular formula is C7H2N4O10. The van der Waals surface area contributed by atoms with Crippen LogP contribution >= 0.6 is 0 Å². The van der Waals surface area contributed by atoms with E-state index in [0.29, 0.717) is 0 Å². The van der Waals surface area contributed by atoms with Crippen molar-refractivity contribution in [3.8, 4) is 0 Å². The van der Waals surface area contributed by atoms with E-state index < -0.39 is 54.0 Å². The first-order valence-corrected chi connectivity index (χ1v) is 4.61. The molecule has 1 N–H and O–H groups in total. The number of carbonyl (C=O) groups is 1. The molecule has 1 rings (SSSR count). The highest BCUT2D eigenvalue weighted by molar-refractivity contribution is 5.98. The predicted octanol–water partition coefficient (Wildman–Crippen LogP) is 1.02. The molecule has 0 fully saturated rings. The van der Waals surface area contributed by atoms with Gasteiger partial charge in [0.25, 0.3) is 0 Å². The quantitative estimate of drug-likeness (QED) is 0.601. The van der Waals surface area contributed by atoms with Crippen molar-refractivity contribution in [2.45, 2.75) is 0 Å². The second-order valence-corrected chi connectivity index (χ2v) is 3.32. The van der Waals surface area contributed by atoms with Crippen LogP contribution in [0.2, 0.25) is 0 Å². The van der Waals surface area contributed by atoms with Crippen LogP contribution in [0.3, 0.4) is 0 Å². The number of carboxylic acids is 1. The van der Waals surface area contributed by atoms with Gasteiger partial charge in [-0.05, 0) is 0 Å². The number of carboxylic acid groups (broad SMARTS) is 1. The van der Waals surface area contributed by atoms with Crippen molar-refractivity contribution >= 4 is 28.7 Å². The Kier molecular flexibility index (Phi) is 3.74. The minimum absolute atomic E-state index is 0.0333. The fourth-order valence-corrected chi connectivity index (χ4v) is 1.47. The van der Waals surface area contributed by atoms with Gasteiger partial charge in [0.2, 0.25) is 0 Å². The number of hydrogen-bond acceptors (Lipinski definition) is 9. The van der Waals surface area contributed by atoms with E-state index in [1.807, 2.05) is 0 Å². The predicted molar refractivity (Wildman–Crippen MR) is 60.0 cm³/mol. The van der Waals surface area contributed by atoms with E-state index in [4.69, 9.17) is 5.11 Å². The van der Waals surface area contributed by atoms with Crippen LogP contribution in [0.25, 0.3) is 0 Å². The van der Waals surface area contributed by atoms with E-state index in [9.17, 15) is 45.3 Å². The van der Waals surface area contributed by atoms with Gasteiger partial charge < -0.3 is 5.11 Å². The van der Waals surface area contributed by atoms with Gasteiger partial charge in [-0.1, -0.05) is 0 Å². The lowest BCUT2D eigenvalue weighted by Crippen LogP contribution is -2.10. The van der Waals surface area contributed by atoms with E-state index in [-0.39, 0.29) is 6.07 Å². The first-order valence-electron chi connectivity index (χ1n) is 4.61. The lowest BCUT2D eigenvalue weighted by atomic mass is 10.1. The van der Waals surface area contributed by atoms with E-state index in [1.165, 1.54) is 0 Å². The Labute approximate surface area is 111 Å². The first kappa shape index (κ1) is 15.3. The highest BCUT2D eigenvalue weighted by atomic mass is 16.7. The smallest absolute Gasteiger partial charge is 0.430 e. The van der Waals surface area contributed by atoms with Gasteiger partial charge >= 0.3 is 28.7 Å². The Balaban J connectivity index is 4.13. The largest absolute Gasteiger partial charge is 0.477 e. The van der Waals surface area contributed by atoms with Crippen LogP contribution in [0.1, 0.15) is 10.4 Å². The summed E-state index contributed by atoms with van der Waals surface area (Å²) in [5.74, 6) is -2.08. The maximum Gasteiger partial charge on any atom is 0.430 e. The van der Waals surface area contributed by atoms with Crippen LogP contribution in [0, 0.1) is 40.5 Å². The van der Waals surface area contributed by atoms with Crippen molar-refractivity contribution in [1.82, 2.24) is 0 Å². The molecule has 110 valence electrons. The summed E-state index contributed by atoms with van der Waals surface area (Å²) in [6.45, 7) is 0. The van der Waals surface area contributed by atoms with Crippen LogP contribution < -0.4 is 0 Å². The minimum Gasteiger partial charge on any atom is -0.477 e. The summed E-state index contributed by atoms with van der Waals surface area (Å²) in [7, 11) is 0. The molecule has 0 heterocycles. The van der Waals surface area contributed by atoms with E-state index in [0.717, 1.165) is 0 Å². The summed E-state index contributed by atoms with van der Waals surface area (Å²) in [6.07, 6.45) is 0. The molecule has 14 heteroatoms. The van der Waals surface area contributed by atoms with Crippen molar-refractivity contribution in [2.24, 2.45) is 0 Å². The lowest BCUT2D eigenvalue weighted by molar-refractivity contribution is -0.452. The van der Waals surface area contributed by atoms with E-state index in [1.54, 1.807) is 0 Å². The van der Waals surface area contributed by atoms with Crippen molar-refractivity contribution in [2.75, 3.05) is 0 Å². The number of nitrogens with zero attached hydrogens (tertiary/aromatic N) is 4. The van der Waals surface area contributed by atoms with E-state index >= 15 is 0 Å². The van der Waals surface area contributed by atoms with Crippen LogP contribution in [0.4, 0.5) is 22.7 Å². The zero-order valence-electron chi connectivity index (χ0n) is 9.49. The van der Waals surface area contributed by atoms with Crippen LogP contribution in [-0.4, -0.2) is 30.8 Å². The summed E-state index contributed by atoms with van der Waals surface area (Å²) < 4.78 is 0. The van der Waals surface area contributed by atoms with Gasteiger partial charge in [-0.15, -0.1) is 0 Å².